The van der Waals surface area contributed by atoms with E-state index in [2.05, 4.69) is 11.2 Å². The molecule has 1 aliphatic rings. The first kappa shape index (κ1) is 11.6. The monoisotopic (exact) mass is 223 g/mol. The summed E-state index contributed by atoms with van der Waals surface area (Å²) < 4.78 is 7.78. The van der Waals surface area contributed by atoms with Crippen LogP contribution in [0, 0.1) is 6.92 Å². The Balaban J connectivity index is 1.85. The number of ether oxygens (including phenoxy) is 1. The van der Waals surface area contributed by atoms with E-state index in [-0.39, 0.29) is 0 Å². The van der Waals surface area contributed by atoms with Crippen LogP contribution in [0.2, 0.25) is 0 Å². The lowest BCUT2D eigenvalue weighted by molar-refractivity contribution is 0.00939. The summed E-state index contributed by atoms with van der Waals surface area (Å²) >= 11 is 0. The first-order valence-electron chi connectivity index (χ1n) is 6.02. The number of aryl methyl sites for hydroxylation is 2. The molecule has 0 spiro atoms. The number of aromatic nitrogens is 2. The van der Waals surface area contributed by atoms with Gasteiger partial charge in [0.05, 0.1) is 24.1 Å². The zero-order valence-electron chi connectivity index (χ0n) is 10.1. The second-order valence-electron chi connectivity index (χ2n) is 4.76. The molecule has 0 radical (unpaired) electrons. The molecule has 2 unspecified atom stereocenters. The molecule has 16 heavy (non-hydrogen) atoms. The second-order valence-corrected chi connectivity index (χ2v) is 4.76. The normalized spacial score (nSPS) is 25.9. The van der Waals surface area contributed by atoms with Gasteiger partial charge in [0.25, 0.3) is 0 Å². The van der Waals surface area contributed by atoms with Gasteiger partial charge < -0.3 is 10.5 Å². The molecule has 1 fully saturated rings. The maximum absolute atomic E-state index is 5.93. The van der Waals surface area contributed by atoms with Crippen LogP contribution in [0.25, 0.3) is 0 Å². The minimum atomic E-state index is 0.326. The number of nitrogens with two attached hydrogens (primary N) is 1. The molecule has 0 aliphatic heterocycles. The van der Waals surface area contributed by atoms with E-state index in [0.717, 1.165) is 30.7 Å². The standard InChI is InChI=1S/C12H21N3O/c1-9-6-11(15(2)14-9)8-16-12-5-3-4-10(13)7-12/h6,10,12H,3-5,7-8,13H2,1-2H3. The Morgan fingerprint density at radius 2 is 2.38 bits per heavy atom. The van der Waals surface area contributed by atoms with E-state index >= 15 is 0 Å². The van der Waals surface area contributed by atoms with Crippen molar-refractivity contribution >= 4 is 0 Å². The third kappa shape index (κ3) is 2.83. The van der Waals surface area contributed by atoms with E-state index in [1.165, 1.54) is 6.42 Å². The molecule has 1 aliphatic carbocycles. The lowest BCUT2D eigenvalue weighted by Crippen LogP contribution is -2.32. The van der Waals surface area contributed by atoms with E-state index in [1.54, 1.807) is 0 Å². The number of hydrogen-bond donors (Lipinski definition) is 1. The summed E-state index contributed by atoms with van der Waals surface area (Å²) in [5.41, 5.74) is 8.11. The van der Waals surface area contributed by atoms with E-state index in [1.807, 2.05) is 18.7 Å². The summed E-state index contributed by atoms with van der Waals surface area (Å²) in [6.07, 6.45) is 4.81. The van der Waals surface area contributed by atoms with Crippen molar-refractivity contribution in [2.45, 2.75) is 51.4 Å². The van der Waals surface area contributed by atoms with Crippen LogP contribution >= 0.6 is 0 Å². The highest BCUT2D eigenvalue weighted by Gasteiger charge is 2.19. The Morgan fingerprint density at radius 1 is 1.56 bits per heavy atom. The molecule has 0 amide bonds. The van der Waals surface area contributed by atoms with Crippen molar-refractivity contribution < 1.29 is 4.74 Å². The smallest absolute Gasteiger partial charge is 0.0888 e. The summed E-state index contributed by atoms with van der Waals surface area (Å²) in [5.74, 6) is 0. The van der Waals surface area contributed by atoms with Crippen LogP contribution in [-0.4, -0.2) is 21.9 Å². The van der Waals surface area contributed by atoms with Crippen molar-refractivity contribution in [3.05, 3.63) is 17.5 Å². The van der Waals surface area contributed by atoms with Gasteiger partial charge in [0.2, 0.25) is 0 Å². The fourth-order valence-electron chi connectivity index (χ4n) is 2.34. The largest absolute Gasteiger partial charge is 0.372 e. The maximum Gasteiger partial charge on any atom is 0.0888 e. The Kier molecular flexibility index (Phi) is 3.61. The van der Waals surface area contributed by atoms with E-state index < -0.39 is 0 Å². The van der Waals surface area contributed by atoms with Crippen molar-refractivity contribution in [1.29, 1.82) is 0 Å². The molecule has 0 saturated heterocycles. The van der Waals surface area contributed by atoms with Gasteiger partial charge in [0.1, 0.15) is 0 Å². The zero-order chi connectivity index (χ0) is 11.5. The quantitative estimate of drug-likeness (QED) is 0.845. The van der Waals surface area contributed by atoms with Crippen LogP contribution in [-0.2, 0) is 18.4 Å². The molecule has 2 rings (SSSR count). The van der Waals surface area contributed by atoms with Crippen molar-refractivity contribution in [2.75, 3.05) is 0 Å². The minimum absolute atomic E-state index is 0.326. The molecule has 1 saturated carbocycles. The third-order valence-electron chi connectivity index (χ3n) is 3.23. The molecule has 90 valence electrons. The molecular weight excluding hydrogens is 202 g/mol. The van der Waals surface area contributed by atoms with E-state index in [4.69, 9.17) is 10.5 Å². The molecule has 2 atom stereocenters. The van der Waals surface area contributed by atoms with Gasteiger partial charge in [0.15, 0.2) is 0 Å². The third-order valence-corrected chi connectivity index (χ3v) is 3.23. The summed E-state index contributed by atoms with van der Waals surface area (Å²) in [6, 6.07) is 2.40. The van der Waals surface area contributed by atoms with Crippen LogP contribution in [0.3, 0.4) is 0 Å². The van der Waals surface area contributed by atoms with Crippen LogP contribution in [0.15, 0.2) is 6.07 Å². The molecule has 1 aromatic rings. The van der Waals surface area contributed by atoms with Crippen molar-refractivity contribution in [3.8, 4) is 0 Å². The Labute approximate surface area is 96.8 Å². The van der Waals surface area contributed by atoms with Gasteiger partial charge in [-0.1, -0.05) is 0 Å². The topological polar surface area (TPSA) is 53.1 Å². The van der Waals surface area contributed by atoms with Crippen LogP contribution in [0.1, 0.15) is 37.1 Å². The molecular formula is C12H21N3O. The predicted molar refractivity (Wildman–Crippen MR) is 63.0 cm³/mol. The minimum Gasteiger partial charge on any atom is -0.372 e. The lowest BCUT2D eigenvalue weighted by atomic mass is 9.94. The van der Waals surface area contributed by atoms with Crippen molar-refractivity contribution in [3.63, 3.8) is 0 Å². The lowest BCUT2D eigenvalue weighted by Gasteiger charge is -2.26. The van der Waals surface area contributed by atoms with Crippen molar-refractivity contribution in [2.24, 2.45) is 12.8 Å². The van der Waals surface area contributed by atoms with Gasteiger partial charge in [-0.05, 0) is 38.7 Å². The molecule has 4 heteroatoms. The molecule has 1 heterocycles. The van der Waals surface area contributed by atoms with E-state index in [0.29, 0.717) is 18.8 Å². The van der Waals surface area contributed by atoms with Crippen LogP contribution in [0.4, 0.5) is 0 Å². The Bertz CT molecular complexity index is 348. The fourth-order valence-corrected chi connectivity index (χ4v) is 2.34. The van der Waals surface area contributed by atoms with Gasteiger partial charge in [-0.2, -0.15) is 5.10 Å². The fraction of sp³-hybridized carbons (Fsp3) is 0.750. The average Bonchev–Trinajstić information content (AvgIpc) is 2.54. The number of hydrogen-bond acceptors (Lipinski definition) is 3. The molecule has 2 N–H and O–H groups in total. The maximum atomic E-state index is 5.93. The zero-order valence-corrected chi connectivity index (χ0v) is 10.1. The predicted octanol–water partition coefficient (Wildman–Crippen LogP) is 1.52. The first-order chi connectivity index (χ1) is 7.65. The van der Waals surface area contributed by atoms with E-state index in [9.17, 15) is 0 Å². The highest BCUT2D eigenvalue weighted by atomic mass is 16.5. The van der Waals surface area contributed by atoms with Gasteiger partial charge in [0, 0.05) is 13.1 Å². The van der Waals surface area contributed by atoms with Crippen molar-refractivity contribution in [1.82, 2.24) is 9.78 Å². The van der Waals surface area contributed by atoms with Gasteiger partial charge in [-0.3, -0.25) is 4.68 Å². The van der Waals surface area contributed by atoms with Gasteiger partial charge in [-0.15, -0.1) is 0 Å². The molecule has 4 nitrogen and oxygen atoms in total. The first-order valence-corrected chi connectivity index (χ1v) is 6.02. The van der Waals surface area contributed by atoms with Gasteiger partial charge in [-0.25, -0.2) is 0 Å². The highest BCUT2D eigenvalue weighted by Crippen LogP contribution is 2.20. The second kappa shape index (κ2) is 4.97. The summed E-state index contributed by atoms with van der Waals surface area (Å²) in [5, 5.41) is 4.30. The number of nitrogens with zero attached hydrogens (tertiary/aromatic N) is 2. The van der Waals surface area contributed by atoms with Gasteiger partial charge >= 0.3 is 0 Å². The Hall–Kier alpha value is -0.870. The SMILES string of the molecule is Cc1cc(COC2CCCC(N)C2)n(C)n1. The molecule has 0 aromatic carbocycles. The summed E-state index contributed by atoms with van der Waals surface area (Å²) in [4.78, 5) is 0. The number of rotatable bonds is 3. The summed E-state index contributed by atoms with van der Waals surface area (Å²) in [7, 11) is 1.96. The van der Waals surface area contributed by atoms with Crippen LogP contribution < -0.4 is 5.73 Å². The average molecular weight is 223 g/mol. The highest BCUT2D eigenvalue weighted by molar-refractivity contribution is 5.07. The summed E-state index contributed by atoms with van der Waals surface area (Å²) in [6.45, 7) is 2.65. The Morgan fingerprint density at radius 3 is 3.00 bits per heavy atom. The van der Waals surface area contributed by atoms with Crippen LogP contribution in [0.5, 0.6) is 0 Å². The molecule has 1 aromatic heterocycles. The molecule has 0 bridgehead atoms.